The third-order valence-electron chi connectivity index (χ3n) is 2.20. The topological polar surface area (TPSA) is 60.9 Å². The van der Waals surface area contributed by atoms with Gasteiger partial charge in [-0.25, -0.2) is 4.79 Å². The van der Waals surface area contributed by atoms with Gasteiger partial charge in [-0.3, -0.25) is 4.79 Å². The molecule has 15 heavy (non-hydrogen) atoms. The van der Waals surface area contributed by atoms with Crippen molar-refractivity contribution in [2.45, 2.75) is 33.2 Å². The van der Waals surface area contributed by atoms with Crippen molar-refractivity contribution in [3.8, 4) is 0 Å². The molecule has 0 saturated carbocycles. The number of hydrogen-bond acceptors (Lipinski definition) is 2. The molecule has 0 aromatic heterocycles. The van der Waals surface area contributed by atoms with Crippen LogP contribution in [0.2, 0.25) is 0 Å². The molecule has 0 radical (unpaired) electrons. The molecule has 0 aliphatic rings. The third kappa shape index (κ3) is 4.67. The summed E-state index contributed by atoms with van der Waals surface area (Å²) in [5, 5.41) is 8.50. The molecule has 0 aromatic rings. The van der Waals surface area contributed by atoms with Crippen molar-refractivity contribution in [2.24, 2.45) is 0 Å². The second-order valence-electron chi connectivity index (χ2n) is 3.73. The first-order chi connectivity index (χ1) is 6.90. The van der Waals surface area contributed by atoms with Crippen LogP contribution in [0.15, 0.2) is 0 Å². The largest absolute Gasteiger partial charge is 0.481 e. The van der Waals surface area contributed by atoms with Gasteiger partial charge in [0.15, 0.2) is 0 Å². The SMILES string of the molecule is CCN(C(=O)N(C)CCC(=O)O)C(C)C. The average Bonchev–Trinajstić information content (AvgIpc) is 2.14. The summed E-state index contributed by atoms with van der Waals surface area (Å²) in [5.74, 6) is -0.887. The number of rotatable bonds is 5. The Bertz CT molecular complexity index is 229. The molecule has 5 heteroatoms. The van der Waals surface area contributed by atoms with Crippen molar-refractivity contribution in [3.05, 3.63) is 0 Å². The van der Waals surface area contributed by atoms with Crippen LogP contribution in [0.25, 0.3) is 0 Å². The molecule has 0 bridgehead atoms. The molecular formula is C10H20N2O3. The Kier molecular flexibility index (Phi) is 5.74. The second kappa shape index (κ2) is 6.27. The summed E-state index contributed by atoms with van der Waals surface area (Å²) < 4.78 is 0. The predicted molar refractivity (Wildman–Crippen MR) is 57.8 cm³/mol. The highest BCUT2D eigenvalue weighted by Crippen LogP contribution is 2.03. The van der Waals surface area contributed by atoms with E-state index in [4.69, 9.17) is 5.11 Å². The standard InChI is InChI=1S/C10H20N2O3/c1-5-12(8(2)3)10(15)11(4)7-6-9(13)14/h8H,5-7H2,1-4H3,(H,13,14). The van der Waals surface area contributed by atoms with E-state index in [1.54, 1.807) is 11.9 Å². The van der Waals surface area contributed by atoms with E-state index in [1.807, 2.05) is 20.8 Å². The first kappa shape index (κ1) is 13.7. The molecular weight excluding hydrogens is 196 g/mol. The van der Waals surface area contributed by atoms with Crippen molar-refractivity contribution < 1.29 is 14.7 Å². The maximum Gasteiger partial charge on any atom is 0.319 e. The molecule has 0 unspecified atom stereocenters. The van der Waals surface area contributed by atoms with E-state index in [0.29, 0.717) is 6.54 Å². The van der Waals surface area contributed by atoms with E-state index < -0.39 is 5.97 Å². The number of carbonyl (C=O) groups is 2. The lowest BCUT2D eigenvalue weighted by molar-refractivity contribution is -0.137. The number of carbonyl (C=O) groups excluding carboxylic acids is 1. The highest BCUT2D eigenvalue weighted by molar-refractivity contribution is 5.75. The summed E-state index contributed by atoms with van der Waals surface area (Å²) in [4.78, 5) is 25.3. The van der Waals surface area contributed by atoms with E-state index in [2.05, 4.69) is 0 Å². The van der Waals surface area contributed by atoms with Crippen molar-refractivity contribution in [1.29, 1.82) is 0 Å². The van der Waals surface area contributed by atoms with Gasteiger partial charge in [0.2, 0.25) is 0 Å². The summed E-state index contributed by atoms with van der Waals surface area (Å²) in [6.07, 6.45) is -0.0160. The number of hydrogen-bond donors (Lipinski definition) is 1. The minimum atomic E-state index is -0.887. The van der Waals surface area contributed by atoms with Crippen LogP contribution >= 0.6 is 0 Å². The van der Waals surface area contributed by atoms with Gasteiger partial charge < -0.3 is 14.9 Å². The molecule has 0 spiro atoms. The third-order valence-corrected chi connectivity index (χ3v) is 2.20. The Morgan fingerprint density at radius 2 is 1.87 bits per heavy atom. The van der Waals surface area contributed by atoms with E-state index in [1.165, 1.54) is 4.90 Å². The Balaban J connectivity index is 4.22. The van der Waals surface area contributed by atoms with Crippen LogP contribution in [0, 0.1) is 0 Å². The van der Waals surface area contributed by atoms with Crippen molar-refractivity contribution >= 4 is 12.0 Å². The first-order valence-corrected chi connectivity index (χ1v) is 5.13. The molecule has 1 N–H and O–H groups in total. The smallest absolute Gasteiger partial charge is 0.319 e. The lowest BCUT2D eigenvalue weighted by Crippen LogP contribution is -2.45. The Morgan fingerprint density at radius 1 is 1.33 bits per heavy atom. The summed E-state index contributed by atoms with van der Waals surface area (Å²) >= 11 is 0. The van der Waals surface area contributed by atoms with Crippen LogP contribution in [0.1, 0.15) is 27.2 Å². The predicted octanol–water partition coefficient (Wildman–Crippen LogP) is 1.24. The molecule has 0 aliphatic heterocycles. The number of carboxylic acids is 1. The minimum absolute atomic E-state index is 0.0160. The van der Waals surface area contributed by atoms with Crippen LogP contribution in [0.3, 0.4) is 0 Å². The second-order valence-corrected chi connectivity index (χ2v) is 3.73. The Morgan fingerprint density at radius 3 is 2.20 bits per heavy atom. The van der Waals surface area contributed by atoms with Crippen molar-refractivity contribution in [2.75, 3.05) is 20.1 Å². The molecule has 0 atom stereocenters. The normalized spacial score (nSPS) is 10.2. The van der Waals surface area contributed by atoms with Crippen LogP contribution in [-0.2, 0) is 4.79 Å². The summed E-state index contributed by atoms with van der Waals surface area (Å²) in [7, 11) is 1.62. The van der Waals surface area contributed by atoms with Gasteiger partial charge >= 0.3 is 12.0 Å². The maximum absolute atomic E-state index is 11.8. The fraction of sp³-hybridized carbons (Fsp3) is 0.800. The molecule has 2 amide bonds. The number of carboxylic acid groups (broad SMARTS) is 1. The lowest BCUT2D eigenvalue weighted by Gasteiger charge is -2.30. The van der Waals surface area contributed by atoms with Crippen LogP contribution in [-0.4, -0.2) is 53.1 Å². The van der Waals surface area contributed by atoms with Crippen molar-refractivity contribution in [1.82, 2.24) is 9.80 Å². The zero-order chi connectivity index (χ0) is 12.0. The van der Waals surface area contributed by atoms with E-state index in [9.17, 15) is 9.59 Å². The monoisotopic (exact) mass is 216 g/mol. The average molecular weight is 216 g/mol. The number of aliphatic carboxylic acids is 1. The summed E-state index contributed by atoms with van der Waals surface area (Å²) in [5.41, 5.74) is 0. The van der Waals surface area contributed by atoms with Gasteiger partial charge in [0.05, 0.1) is 6.42 Å². The van der Waals surface area contributed by atoms with E-state index in [-0.39, 0.29) is 25.0 Å². The molecule has 0 aromatic carbocycles. The molecule has 0 rings (SSSR count). The number of urea groups is 1. The Hall–Kier alpha value is -1.26. The molecule has 88 valence electrons. The van der Waals surface area contributed by atoms with Gasteiger partial charge in [-0.1, -0.05) is 0 Å². The number of nitrogens with zero attached hydrogens (tertiary/aromatic N) is 2. The van der Waals surface area contributed by atoms with Gasteiger partial charge in [-0.2, -0.15) is 0 Å². The number of amides is 2. The fourth-order valence-corrected chi connectivity index (χ4v) is 1.30. The van der Waals surface area contributed by atoms with Gasteiger partial charge in [-0.15, -0.1) is 0 Å². The summed E-state index contributed by atoms with van der Waals surface area (Å²) in [6.45, 7) is 6.66. The van der Waals surface area contributed by atoms with E-state index >= 15 is 0 Å². The first-order valence-electron chi connectivity index (χ1n) is 5.13. The van der Waals surface area contributed by atoms with E-state index in [0.717, 1.165) is 0 Å². The highest BCUT2D eigenvalue weighted by Gasteiger charge is 2.19. The molecule has 0 fully saturated rings. The lowest BCUT2D eigenvalue weighted by atomic mass is 10.3. The van der Waals surface area contributed by atoms with Crippen LogP contribution in [0.5, 0.6) is 0 Å². The molecule has 0 heterocycles. The summed E-state index contributed by atoms with van der Waals surface area (Å²) in [6, 6.07) is 0.0172. The van der Waals surface area contributed by atoms with Gasteiger partial charge in [0, 0.05) is 26.2 Å². The zero-order valence-electron chi connectivity index (χ0n) is 9.86. The van der Waals surface area contributed by atoms with Crippen LogP contribution < -0.4 is 0 Å². The fourth-order valence-electron chi connectivity index (χ4n) is 1.30. The van der Waals surface area contributed by atoms with Gasteiger partial charge in [0.25, 0.3) is 0 Å². The highest BCUT2D eigenvalue weighted by atomic mass is 16.4. The van der Waals surface area contributed by atoms with Gasteiger partial charge in [0.1, 0.15) is 0 Å². The Labute approximate surface area is 90.7 Å². The molecule has 0 saturated heterocycles. The van der Waals surface area contributed by atoms with Crippen molar-refractivity contribution in [3.63, 3.8) is 0 Å². The quantitative estimate of drug-likeness (QED) is 0.752. The zero-order valence-corrected chi connectivity index (χ0v) is 9.86. The van der Waals surface area contributed by atoms with Crippen LogP contribution in [0.4, 0.5) is 4.79 Å². The molecule has 0 aliphatic carbocycles. The molecule has 5 nitrogen and oxygen atoms in total. The van der Waals surface area contributed by atoms with Gasteiger partial charge in [-0.05, 0) is 20.8 Å². The minimum Gasteiger partial charge on any atom is -0.481 e. The maximum atomic E-state index is 11.8.